The van der Waals surface area contributed by atoms with Gasteiger partial charge in [0.1, 0.15) is 6.10 Å². The third-order valence-electron chi connectivity index (χ3n) is 0.421. The normalized spacial score (nSPS) is 8.40. The average Bonchev–Trinajstić information content (AvgIpc) is 1.85. The highest BCUT2D eigenvalue weighted by molar-refractivity contribution is 5.61. The van der Waals surface area contributed by atoms with Crippen molar-refractivity contribution in [1.82, 2.24) is 0 Å². The minimum atomic E-state index is -1.33. The number of hydrogen-bond donors (Lipinski definition) is 5. The lowest BCUT2D eigenvalue weighted by molar-refractivity contribution is 0.0450. The van der Waals surface area contributed by atoms with Crippen LogP contribution >= 0.6 is 0 Å². The van der Waals surface area contributed by atoms with Crippen molar-refractivity contribution in [3.63, 3.8) is 0 Å². The fraction of sp³-hybridized carbons (Fsp3) is 0.750. The van der Waals surface area contributed by atoms with Gasteiger partial charge in [0.25, 0.3) is 0 Å². The van der Waals surface area contributed by atoms with Crippen molar-refractivity contribution in [3.8, 4) is 0 Å². The van der Waals surface area contributed by atoms with Gasteiger partial charge in [-0.25, -0.2) is 4.79 Å². The van der Waals surface area contributed by atoms with E-state index >= 15 is 0 Å². The summed E-state index contributed by atoms with van der Waals surface area (Å²) in [5.41, 5.74) is 4.03. The molecule has 6 heteroatoms. The first kappa shape index (κ1) is 11.9. The number of nitrogens with two attached hydrogens (primary N) is 1. The van der Waals surface area contributed by atoms with Gasteiger partial charge < -0.3 is 26.2 Å². The molecule has 0 atom stereocenters. The lowest BCUT2D eigenvalue weighted by Crippen LogP contribution is -2.15. The van der Waals surface area contributed by atoms with Crippen LogP contribution < -0.4 is 5.73 Å². The van der Waals surface area contributed by atoms with Gasteiger partial charge in [-0.1, -0.05) is 0 Å². The number of aliphatic hydroxyl groups is 3. The van der Waals surface area contributed by atoms with Crippen LogP contribution in [0, 0.1) is 0 Å². The topological polar surface area (TPSA) is 124 Å². The number of carbonyl (C=O) groups is 1. The summed E-state index contributed by atoms with van der Waals surface area (Å²) in [6.07, 6.45) is -2.29. The van der Waals surface area contributed by atoms with Gasteiger partial charge in [-0.2, -0.15) is 0 Å². The van der Waals surface area contributed by atoms with E-state index in [4.69, 9.17) is 25.2 Å². The fourth-order valence-corrected chi connectivity index (χ4v) is 0.0577. The molecule has 0 heterocycles. The molecule has 6 N–H and O–H groups in total. The third-order valence-corrected chi connectivity index (χ3v) is 0.421. The second kappa shape index (κ2) is 8.15. The first-order valence-electron chi connectivity index (χ1n) is 2.42. The van der Waals surface area contributed by atoms with Gasteiger partial charge in [0.2, 0.25) is 0 Å². The largest absolute Gasteiger partial charge is 0.465 e. The van der Waals surface area contributed by atoms with Crippen molar-refractivity contribution >= 4 is 6.09 Å². The molecule has 0 aliphatic carbocycles. The quantitative estimate of drug-likeness (QED) is 0.312. The zero-order chi connectivity index (χ0) is 8.57. The first-order chi connectivity index (χ1) is 4.54. The Balaban J connectivity index is 0. The molecule has 0 saturated heterocycles. The molecule has 0 radical (unpaired) electrons. The molecule has 0 aromatic carbocycles. The summed E-state index contributed by atoms with van der Waals surface area (Å²) in [6, 6.07) is 0. The van der Waals surface area contributed by atoms with Crippen molar-refractivity contribution in [2.45, 2.75) is 6.10 Å². The van der Waals surface area contributed by atoms with E-state index in [1.54, 1.807) is 0 Å². The summed E-state index contributed by atoms with van der Waals surface area (Å²) >= 11 is 0. The van der Waals surface area contributed by atoms with Crippen LogP contribution in [-0.2, 0) is 0 Å². The summed E-state index contributed by atoms with van der Waals surface area (Å²) in [5, 5.41) is 31.2. The van der Waals surface area contributed by atoms with E-state index in [1.807, 2.05) is 0 Å². The number of amides is 1. The van der Waals surface area contributed by atoms with Crippen LogP contribution in [0.25, 0.3) is 0 Å². The molecule has 0 aliphatic heterocycles. The number of aliphatic hydroxyl groups excluding tert-OH is 3. The number of hydrogen-bond acceptors (Lipinski definition) is 4. The molecule has 10 heavy (non-hydrogen) atoms. The highest BCUT2D eigenvalue weighted by Gasteiger charge is 1.93. The Morgan fingerprint density at radius 2 is 1.60 bits per heavy atom. The summed E-state index contributed by atoms with van der Waals surface area (Å²) in [7, 11) is 0. The van der Waals surface area contributed by atoms with Gasteiger partial charge in [-0.05, 0) is 0 Å². The fourth-order valence-electron chi connectivity index (χ4n) is 0.0577. The molecule has 0 bridgehead atoms. The van der Waals surface area contributed by atoms with Gasteiger partial charge >= 0.3 is 6.09 Å². The second-order valence-corrected chi connectivity index (χ2v) is 1.36. The molecule has 0 aromatic rings. The summed E-state index contributed by atoms with van der Waals surface area (Å²) in [6.45, 7) is -0.729. The molecule has 0 aromatic heterocycles. The first-order valence-corrected chi connectivity index (χ1v) is 2.42. The maximum Gasteiger partial charge on any atom is 0.402 e. The number of carboxylic acid groups (broad SMARTS) is 1. The Morgan fingerprint density at radius 1 is 1.40 bits per heavy atom. The molecule has 1 amide bonds. The van der Waals surface area contributed by atoms with Crippen molar-refractivity contribution < 1.29 is 25.2 Å². The zero-order valence-electron chi connectivity index (χ0n) is 5.27. The van der Waals surface area contributed by atoms with E-state index < -0.39 is 12.2 Å². The Morgan fingerprint density at radius 3 is 1.60 bits per heavy atom. The maximum atomic E-state index is 8.78. The van der Waals surface area contributed by atoms with Crippen LogP contribution in [0.1, 0.15) is 0 Å². The van der Waals surface area contributed by atoms with Gasteiger partial charge in [-0.15, -0.1) is 0 Å². The van der Waals surface area contributed by atoms with Crippen molar-refractivity contribution in [1.29, 1.82) is 0 Å². The van der Waals surface area contributed by atoms with Crippen LogP contribution in [0.4, 0.5) is 4.79 Å². The van der Waals surface area contributed by atoms with Gasteiger partial charge in [0.15, 0.2) is 0 Å². The lowest BCUT2D eigenvalue weighted by Gasteiger charge is -1.96. The van der Waals surface area contributed by atoms with E-state index in [9.17, 15) is 0 Å². The Bertz CT molecular complexity index is 77.7. The van der Waals surface area contributed by atoms with Crippen molar-refractivity contribution in [2.24, 2.45) is 5.73 Å². The average molecular weight is 153 g/mol. The molecule has 62 valence electrons. The summed E-state index contributed by atoms with van der Waals surface area (Å²) < 4.78 is 0. The highest BCUT2D eigenvalue weighted by Crippen LogP contribution is 1.71. The molecule has 0 rings (SSSR count). The Labute approximate surface area is 57.5 Å². The van der Waals surface area contributed by atoms with E-state index in [0.717, 1.165) is 0 Å². The number of primary amides is 1. The smallest absolute Gasteiger partial charge is 0.402 e. The molecule has 0 aliphatic rings. The zero-order valence-corrected chi connectivity index (χ0v) is 5.27. The van der Waals surface area contributed by atoms with Crippen LogP contribution in [-0.4, -0.2) is 45.8 Å². The molecule has 0 fully saturated rings. The minimum Gasteiger partial charge on any atom is -0.465 e. The molecule has 6 nitrogen and oxygen atoms in total. The van der Waals surface area contributed by atoms with E-state index in [-0.39, 0.29) is 13.2 Å². The predicted octanol–water partition coefficient (Wildman–Crippen LogP) is -2.04. The number of rotatable bonds is 2. The summed E-state index contributed by atoms with van der Waals surface area (Å²) in [5.74, 6) is 0. The van der Waals surface area contributed by atoms with Crippen LogP contribution in [0.5, 0.6) is 0 Å². The Hall–Kier alpha value is -0.850. The third kappa shape index (κ3) is 27.3. The maximum absolute atomic E-state index is 8.78. The molecule has 0 saturated carbocycles. The van der Waals surface area contributed by atoms with Crippen LogP contribution in [0.2, 0.25) is 0 Å². The second-order valence-electron chi connectivity index (χ2n) is 1.36. The van der Waals surface area contributed by atoms with Gasteiger partial charge in [0, 0.05) is 0 Å². The highest BCUT2D eigenvalue weighted by atomic mass is 16.4. The van der Waals surface area contributed by atoms with Crippen molar-refractivity contribution in [3.05, 3.63) is 0 Å². The summed E-state index contributed by atoms with van der Waals surface area (Å²) in [4.78, 5) is 8.78. The molecule has 0 unspecified atom stereocenters. The van der Waals surface area contributed by atoms with E-state index in [1.165, 1.54) is 0 Å². The van der Waals surface area contributed by atoms with E-state index in [0.29, 0.717) is 0 Å². The van der Waals surface area contributed by atoms with Crippen LogP contribution in [0.3, 0.4) is 0 Å². The predicted molar refractivity (Wildman–Crippen MR) is 32.4 cm³/mol. The Kier molecular flexibility index (Phi) is 9.69. The lowest BCUT2D eigenvalue weighted by atomic mass is 10.4. The van der Waals surface area contributed by atoms with Crippen molar-refractivity contribution in [2.75, 3.05) is 13.2 Å². The van der Waals surface area contributed by atoms with Gasteiger partial charge in [-0.3, -0.25) is 0 Å². The monoisotopic (exact) mass is 153 g/mol. The molecule has 0 spiro atoms. The SMILES string of the molecule is NC(=O)O.OCC(O)CO. The molecular formula is C4H11NO5. The molecular weight excluding hydrogens is 142 g/mol. The van der Waals surface area contributed by atoms with E-state index in [2.05, 4.69) is 5.73 Å². The van der Waals surface area contributed by atoms with Gasteiger partial charge in [0.05, 0.1) is 13.2 Å². The van der Waals surface area contributed by atoms with Crippen LogP contribution in [0.15, 0.2) is 0 Å². The standard InChI is InChI=1S/C3H8O3.CH3NO2/c4-1-3(6)2-5;2-1(3)4/h3-6H,1-2H2;2H2,(H,3,4). The minimum absolute atomic E-state index is 0.365.